The molecule has 0 unspecified atom stereocenters. The average Bonchev–Trinajstić information content (AvgIpc) is 3.07. The standard InChI is InChI=1S/C20H22N2O2S/c1-15(25-18-6-3-2-4-7-18)20(24)21-14-16-9-11-17(12-10-16)22-13-5-8-19(22)23/h2-4,6-7,9-12,15H,5,8,13-14H2,1H3,(H,21,24)/t15-/m0/s1. The third-order valence-electron chi connectivity index (χ3n) is 4.21. The zero-order chi connectivity index (χ0) is 17.6. The highest BCUT2D eigenvalue weighted by molar-refractivity contribution is 8.00. The van der Waals surface area contributed by atoms with Crippen LogP contribution in [0.4, 0.5) is 5.69 Å². The van der Waals surface area contributed by atoms with E-state index in [1.807, 2.05) is 66.4 Å². The third-order valence-corrected chi connectivity index (χ3v) is 5.33. The van der Waals surface area contributed by atoms with Gasteiger partial charge in [-0.25, -0.2) is 0 Å². The van der Waals surface area contributed by atoms with Gasteiger partial charge in [-0.15, -0.1) is 11.8 Å². The van der Waals surface area contributed by atoms with Crippen molar-refractivity contribution < 1.29 is 9.59 Å². The molecule has 1 aliphatic heterocycles. The minimum atomic E-state index is -0.149. The van der Waals surface area contributed by atoms with Crippen LogP contribution in [-0.2, 0) is 16.1 Å². The van der Waals surface area contributed by atoms with Gasteiger partial charge in [0.15, 0.2) is 0 Å². The molecule has 0 radical (unpaired) electrons. The fraction of sp³-hybridized carbons (Fsp3) is 0.300. The molecule has 0 bridgehead atoms. The molecule has 2 aromatic rings. The van der Waals surface area contributed by atoms with Crippen molar-refractivity contribution in [3.8, 4) is 0 Å². The topological polar surface area (TPSA) is 49.4 Å². The van der Waals surface area contributed by atoms with Gasteiger partial charge in [-0.2, -0.15) is 0 Å². The van der Waals surface area contributed by atoms with Crippen molar-refractivity contribution in [3.05, 3.63) is 60.2 Å². The number of hydrogen-bond donors (Lipinski definition) is 1. The number of amides is 2. The summed E-state index contributed by atoms with van der Waals surface area (Å²) in [5.74, 6) is 0.209. The molecule has 0 aromatic heterocycles. The highest BCUT2D eigenvalue weighted by Crippen LogP contribution is 2.23. The molecule has 3 rings (SSSR count). The van der Waals surface area contributed by atoms with Crippen LogP contribution in [0.25, 0.3) is 0 Å². The highest BCUT2D eigenvalue weighted by Gasteiger charge is 2.21. The van der Waals surface area contributed by atoms with Gasteiger partial charge in [0.2, 0.25) is 11.8 Å². The summed E-state index contributed by atoms with van der Waals surface area (Å²) in [6, 6.07) is 17.8. The number of carbonyl (C=O) groups excluding carboxylic acids is 2. The van der Waals surface area contributed by atoms with Crippen molar-refractivity contribution in [1.82, 2.24) is 5.32 Å². The van der Waals surface area contributed by atoms with Crippen molar-refractivity contribution in [3.63, 3.8) is 0 Å². The van der Waals surface area contributed by atoms with E-state index in [1.165, 1.54) is 0 Å². The van der Waals surface area contributed by atoms with Gasteiger partial charge in [0.1, 0.15) is 0 Å². The predicted molar refractivity (Wildman–Crippen MR) is 102 cm³/mol. The largest absolute Gasteiger partial charge is 0.351 e. The number of thioether (sulfide) groups is 1. The first-order valence-electron chi connectivity index (χ1n) is 8.52. The number of rotatable bonds is 6. The van der Waals surface area contributed by atoms with E-state index in [1.54, 1.807) is 11.8 Å². The summed E-state index contributed by atoms with van der Waals surface area (Å²) in [4.78, 5) is 26.9. The minimum absolute atomic E-state index is 0.0210. The van der Waals surface area contributed by atoms with Crippen LogP contribution in [0.5, 0.6) is 0 Å². The van der Waals surface area contributed by atoms with Crippen LogP contribution < -0.4 is 10.2 Å². The van der Waals surface area contributed by atoms with Crippen molar-refractivity contribution in [2.45, 2.75) is 36.5 Å². The third kappa shape index (κ3) is 4.63. The first-order chi connectivity index (χ1) is 12.1. The average molecular weight is 354 g/mol. The number of nitrogens with zero attached hydrogens (tertiary/aromatic N) is 1. The maximum atomic E-state index is 12.3. The number of hydrogen-bond acceptors (Lipinski definition) is 3. The molecule has 130 valence electrons. The first-order valence-corrected chi connectivity index (χ1v) is 9.40. The van der Waals surface area contributed by atoms with E-state index in [0.29, 0.717) is 13.0 Å². The number of anilines is 1. The van der Waals surface area contributed by atoms with Crippen molar-refractivity contribution in [1.29, 1.82) is 0 Å². The Morgan fingerprint density at radius 2 is 1.88 bits per heavy atom. The van der Waals surface area contributed by atoms with E-state index in [2.05, 4.69) is 5.32 Å². The van der Waals surface area contributed by atoms with Crippen molar-refractivity contribution in [2.75, 3.05) is 11.4 Å². The van der Waals surface area contributed by atoms with Crippen LogP contribution in [0.3, 0.4) is 0 Å². The Hall–Kier alpha value is -2.27. The van der Waals surface area contributed by atoms with Crippen LogP contribution in [-0.4, -0.2) is 23.6 Å². The van der Waals surface area contributed by atoms with E-state index < -0.39 is 0 Å². The molecule has 0 spiro atoms. The van der Waals surface area contributed by atoms with Gasteiger partial charge < -0.3 is 10.2 Å². The van der Waals surface area contributed by atoms with Gasteiger partial charge in [0.25, 0.3) is 0 Å². The molecule has 25 heavy (non-hydrogen) atoms. The van der Waals surface area contributed by atoms with E-state index in [0.717, 1.165) is 29.1 Å². The van der Waals surface area contributed by atoms with E-state index >= 15 is 0 Å². The monoisotopic (exact) mass is 354 g/mol. The molecule has 1 saturated heterocycles. The maximum Gasteiger partial charge on any atom is 0.233 e. The fourth-order valence-electron chi connectivity index (χ4n) is 2.80. The smallest absolute Gasteiger partial charge is 0.233 e. The van der Waals surface area contributed by atoms with Crippen molar-refractivity contribution >= 4 is 29.3 Å². The normalized spacial score (nSPS) is 15.2. The number of benzene rings is 2. The SMILES string of the molecule is C[C@H](Sc1ccccc1)C(=O)NCc1ccc(N2CCCC2=O)cc1. The first kappa shape index (κ1) is 17.5. The summed E-state index contributed by atoms with van der Waals surface area (Å²) in [6.07, 6.45) is 1.56. The molecule has 1 fully saturated rings. The second-order valence-corrected chi connectivity index (χ2v) is 7.52. The zero-order valence-electron chi connectivity index (χ0n) is 14.3. The van der Waals surface area contributed by atoms with Crippen LogP contribution in [0, 0.1) is 0 Å². The fourth-order valence-corrected chi connectivity index (χ4v) is 3.72. The van der Waals surface area contributed by atoms with Gasteiger partial charge in [-0.3, -0.25) is 9.59 Å². The van der Waals surface area contributed by atoms with E-state index in [-0.39, 0.29) is 17.1 Å². The molecule has 1 heterocycles. The van der Waals surface area contributed by atoms with Crippen molar-refractivity contribution in [2.24, 2.45) is 0 Å². The van der Waals surface area contributed by atoms with Crippen LogP contribution in [0.1, 0.15) is 25.3 Å². The maximum absolute atomic E-state index is 12.3. The quantitative estimate of drug-likeness (QED) is 0.806. The Bertz CT molecular complexity index is 731. The number of carbonyl (C=O) groups is 2. The summed E-state index contributed by atoms with van der Waals surface area (Å²) in [7, 11) is 0. The van der Waals surface area contributed by atoms with E-state index in [9.17, 15) is 9.59 Å². The van der Waals surface area contributed by atoms with Gasteiger partial charge >= 0.3 is 0 Å². The second-order valence-electron chi connectivity index (χ2n) is 6.11. The van der Waals surface area contributed by atoms with E-state index in [4.69, 9.17) is 0 Å². The Morgan fingerprint density at radius 3 is 2.52 bits per heavy atom. The molecule has 1 aliphatic rings. The van der Waals surface area contributed by atoms with Gasteiger partial charge in [-0.05, 0) is 43.2 Å². The lowest BCUT2D eigenvalue weighted by atomic mass is 10.2. The van der Waals surface area contributed by atoms with Gasteiger partial charge in [-0.1, -0.05) is 30.3 Å². The summed E-state index contributed by atoms with van der Waals surface area (Å²) in [5.41, 5.74) is 1.96. The summed E-state index contributed by atoms with van der Waals surface area (Å²) < 4.78 is 0. The summed E-state index contributed by atoms with van der Waals surface area (Å²) in [5, 5.41) is 2.83. The van der Waals surface area contributed by atoms with Gasteiger partial charge in [0.05, 0.1) is 5.25 Å². The lowest BCUT2D eigenvalue weighted by Gasteiger charge is -2.16. The Morgan fingerprint density at radius 1 is 1.16 bits per heavy atom. The lowest BCUT2D eigenvalue weighted by Crippen LogP contribution is -2.30. The van der Waals surface area contributed by atoms with Crippen LogP contribution >= 0.6 is 11.8 Å². The van der Waals surface area contributed by atoms with Crippen LogP contribution in [0.15, 0.2) is 59.5 Å². The lowest BCUT2D eigenvalue weighted by molar-refractivity contribution is -0.120. The molecule has 4 nitrogen and oxygen atoms in total. The molecule has 2 aromatic carbocycles. The molecule has 1 atom stereocenters. The molecule has 0 saturated carbocycles. The highest BCUT2D eigenvalue weighted by atomic mass is 32.2. The zero-order valence-corrected chi connectivity index (χ0v) is 15.1. The van der Waals surface area contributed by atoms with Crippen LogP contribution in [0.2, 0.25) is 0 Å². The number of nitrogens with one attached hydrogen (secondary N) is 1. The molecule has 1 N–H and O–H groups in total. The summed E-state index contributed by atoms with van der Waals surface area (Å²) in [6.45, 7) is 3.20. The van der Waals surface area contributed by atoms with Gasteiger partial charge in [0, 0.05) is 30.1 Å². The second kappa shape index (κ2) is 8.21. The predicted octanol–water partition coefficient (Wildman–Crippen LogP) is 3.61. The Labute approximate surface area is 152 Å². The molecular formula is C20H22N2O2S. The molecular weight excluding hydrogens is 332 g/mol. The molecule has 0 aliphatic carbocycles. The minimum Gasteiger partial charge on any atom is -0.351 e. The summed E-state index contributed by atoms with van der Waals surface area (Å²) >= 11 is 1.55. The Balaban J connectivity index is 1.51. The Kier molecular flexibility index (Phi) is 5.76. The molecule has 2 amide bonds. The molecule has 5 heteroatoms.